The summed E-state index contributed by atoms with van der Waals surface area (Å²) in [6.45, 7) is 7.59. The average molecular weight is 328 g/mol. The lowest BCUT2D eigenvalue weighted by atomic mass is 9.87. The van der Waals surface area contributed by atoms with Crippen molar-refractivity contribution in [1.82, 2.24) is 0 Å². The van der Waals surface area contributed by atoms with Crippen LogP contribution in [0.5, 0.6) is 0 Å². The first kappa shape index (κ1) is 18.7. The molecule has 0 saturated carbocycles. The average Bonchev–Trinajstić information content (AvgIpc) is 2.38. The summed E-state index contributed by atoms with van der Waals surface area (Å²) in [6, 6.07) is 5.68. The molecule has 0 aromatic heterocycles. The Morgan fingerprint density at radius 1 is 1.00 bits per heavy atom. The number of allylic oxidation sites excluding steroid dienone is 1. The van der Waals surface area contributed by atoms with E-state index >= 15 is 0 Å². The highest BCUT2D eigenvalue weighted by atomic mass is 19.4. The van der Waals surface area contributed by atoms with E-state index in [0.29, 0.717) is 0 Å². The third-order valence-electron chi connectivity index (χ3n) is 3.22. The summed E-state index contributed by atoms with van der Waals surface area (Å²) < 4.78 is 37.0. The number of rotatable bonds is 3. The maximum Gasteiger partial charge on any atom is 0.471 e. The Balaban J connectivity index is 2.95. The standard InChI is InChI=1S/C16H19F3N2O2/c1-10(15(2,3)4)9-13(22)20-11-7-5-6-8-12(11)21-14(23)16(17,18)19/h5-9H,1-4H3,(H,20,22)(H,21,23)/b10-9+. The van der Waals surface area contributed by atoms with Crippen LogP contribution >= 0.6 is 0 Å². The first-order valence-corrected chi connectivity index (χ1v) is 6.88. The van der Waals surface area contributed by atoms with Gasteiger partial charge in [0.1, 0.15) is 0 Å². The molecule has 0 spiro atoms. The van der Waals surface area contributed by atoms with Gasteiger partial charge in [0.05, 0.1) is 11.4 Å². The maximum absolute atomic E-state index is 12.3. The highest BCUT2D eigenvalue weighted by Gasteiger charge is 2.39. The molecular formula is C16H19F3N2O2. The van der Waals surface area contributed by atoms with Crippen LogP contribution in [0.15, 0.2) is 35.9 Å². The number of amides is 2. The fraction of sp³-hybridized carbons (Fsp3) is 0.375. The predicted molar refractivity (Wildman–Crippen MR) is 83.0 cm³/mol. The Morgan fingerprint density at radius 2 is 1.48 bits per heavy atom. The lowest BCUT2D eigenvalue weighted by Crippen LogP contribution is -2.30. The van der Waals surface area contributed by atoms with Gasteiger partial charge in [-0.1, -0.05) is 38.5 Å². The second kappa shape index (κ2) is 6.85. The third-order valence-corrected chi connectivity index (χ3v) is 3.22. The number of carbonyl (C=O) groups excluding carboxylic acids is 2. The van der Waals surface area contributed by atoms with Gasteiger partial charge in [-0.15, -0.1) is 0 Å². The van der Waals surface area contributed by atoms with Crippen molar-refractivity contribution in [1.29, 1.82) is 0 Å². The highest BCUT2D eigenvalue weighted by molar-refractivity contribution is 6.04. The van der Waals surface area contributed by atoms with Crippen molar-refractivity contribution >= 4 is 23.2 Å². The molecule has 2 amide bonds. The quantitative estimate of drug-likeness (QED) is 0.820. The molecule has 1 rings (SSSR count). The topological polar surface area (TPSA) is 58.2 Å². The van der Waals surface area contributed by atoms with Crippen molar-refractivity contribution in [3.05, 3.63) is 35.9 Å². The van der Waals surface area contributed by atoms with Crippen LogP contribution in [-0.2, 0) is 9.59 Å². The van der Waals surface area contributed by atoms with Crippen LogP contribution in [0.1, 0.15) is 27.7 Å². The summed E-state index contributed by atoms with van der Waals surface area (Å²) in [7, 11) is 0. The van der Waals surface area contributed by atoms with Gasteiger partial charge in [-0.2, -0.15) is 13.2 Å². The summed E-state index contributed by atoms with van der Waals surface area (Å²) in [5.41, 5.74) is 0.575. The molecule has 0 saturated heterocycles. The SMILES string of the molecule is C/C(=C\C(=O)Nc1ccccc1NC(=O)C(F)(F)F)C(C)(C)C. The van der Waals surface area contributed by atoms with Gasteiger partial charge in [0.2, 0.25) is 5.91 Å². The van der Waals surface area contributed by atoms with E-state index in [0.717, 1.165) is 5.57 Å². The van der Waals surface area contributed by atoms with E-state index in [-0.39, 0.29) is 16.8 Å². The molecule has 0 radical (unpaired) electrons. The summed E-state index contributed by atoms with van der Waals surface area (Å²) in [5, 5.41) is 4.21. The second-order valence-electron chi connectivity index (χ2n) is 6.06. The monoisotopic (exact) mass is 328 g/mol. The minimum Gasteiger partial charge on any atom is -0.321 e. The van der Waals surface area contributed by atoms with Crippen molar-refractivity contribution in [3.8, 4) is 0 Å². The second-order valence-corrected chi connectivity index (χ2v) is 6.06. The molecule has 0 atom stereocenters. The zero-order valence-electron chi connectivity index (χ0n) is 13.3. The molecule has 1 aromatic carbocycles. The minimum absolute atomic E-state index is 0.0908. The van der Waals surface area contributed by atoms with Crippen molar-refractivity contribution in [2.45, 2.75) is 33.9 Å². The van der Waals surface area contributed by atoms with E-state index in [1.54, 1.807) is 18.3 Å². The first-order valence-electron chi connectivity index (χ1n) is 6.88. The van der Waals surface area contributed by atoms with Crippen LogP contribution in [-0.4, -0.2) is 18.0 Å². The number of anilines is 2. The molecule has 0 aliphatic heterocycles. The zero-order valence-corrected chi connectivity index (χ0v) is 13.3. The van der Waals surface area contributed by atoms with Crippen LogP contribution < -0.4 is 10.6 Å². The molecule has 2 N–H and O–H groups in total. The molecule has 0 bridgehead atoms. The largest absolute Gasteiger partial charge is 0.471 e. The Bertz CT molecular complexity index is 629. The van der Waals surface area contributed by atoms with Gasteiger partial charge in [0, 0.05) is 6.08 Å². The first-order chi connectivity index (χ1) is 10.4. The molecular weight excluding hydrogens is 309 g/mol. The van der Waals surface area contributed by atoms with E-state index in [1.807, 2.05) is 20.8 Å². The van der Waals surface area contributed by atoms with Crippen LogP contribution in [0.4, 0.5) is 24.5 Å². The Kier molecular flexibility index (Phi) is 5.58. The molecule has 0 aliphatic rings. The molecule has 23 heavy (non-hydrogen) atoms. The summed E-state index contributed by atoms with van der Waals surface area (Å²) in [4.78, 5) is 23.0. The molecule has 0 heterocycles. The number of hydrogen-bond acceptors (Lipinski definition) is 2. The molecule has 1 aromatic rings. The van der Waals surface area contributed by atoms with Crippen molar-refractivity contribution in [3.63, 3.8) is 0 Å². The van der Waals surface area contributed by atoms with Gasteiger partial charge in [-0.3, -0.25) is 9.59 Å². The fourth-order valence-corrected chi connectivity index (χ4v) is 1.48. The van der Waals surface area contributed by atoms with Crippen molar-refractivity contribution in [2.24, 2.45) is 5.41 Å². The third kappa shape index (κ3) is 5.77. The van der Waals surface area contributed by atoms with E-state index in [9.17, 15) is 22.8 Å². The highest BCUT2D eigenvalue weighted by Crippen LogP contribution is 2.26. The van der Waals surface area contributed by atoms with Crippen molar-refractivity contribution in [2.75, 3.05) is 10.6 Å². The molecule has 4 nitrogen and oxygen atoms in total. The van der Waals surface area contributed by atoms with Gasteiger partial charge < -0.3 is 10.6 Å². The van der Waals surface area contributed by atoms with E-state index in [1.165, 1.54) is 24.3 Å². The van der Waals surface area contributed by atoms with Crippen LogP contribution in [0, 0.1) is 5.41 Å². The van der Waals surface area contributed by atoms with E-state index in [2.05, 4.69) is 5.32 Å². The van der Waals surface area contributed by atoms with Gasteiger partial charge >= 0.3 is 12.1 Å². The van der Waals surface area contributed by atoms with Gasteiger partial charge in [-0.25, -0.2) is 0 Å². The number of hydrogen-bond donors (Lipinski definition) is 2. The van der Waals surface area contributed by atoms with Crippen molar-refractivity contribution < 1.29 is 22.8 Å². The number of carbonyl (C=O) groups is 2. The lowest BCUT2D eigenvalue weighted by molar-refractivity contribution is -0.167. The number of benzene rings is 1. The van der Waals surface area contributed by atoms with Gasteiger partial charge in [0.15, 0.2) is 0 Å². The maximum atomic E-state index is 12.3. The number of nitrogens with one attached hydrogen (secondary N) is 2. The predicted octanol–water partition coefficient (Wildman–Crippen LogP) is 4.12. The van der Waals surface area contributed by atoms with Crippen LogP contribution in [0.25, 0.3) is 0 Å². The fourth-order valence-electron chi connectivity index (χ4n) is 1.48. The molecule has 126 valence electrons. The number of para-hydroxylation sites is 2. The zero-order chi connectivity index (χ0) is 17.8. The van der Waals surface area contributed by atoms with E-state index in [4.69, 9.17) is 0 Å². The minimum atomic E-state index is -5.00. The van der Waals surface area contributed by atoms with Crippen LogP contribution in [0.3, 0.4) is 0 Å². The molecule has 0 unspecified atom stereocenters. The summed E-state index contributed by atoms with van der Waals surface area (Å²) in [5.74, 6) is -2.58. The Hall–Kier alpha value is -2.31. The lowest BCUT2D eigenvalue weighted by Gasteiger charge is -2.19. The van der Waals surface area contributed by atoms with Crippen LogP contribution in [0.2, 0.25) is 0 Å². The molecule has 0 aliphatic carbocycles. The normalized spacial score (nSPS) is 12.7. The number of halogens is 3. The summed E-state index contributed by atoms with van der Waals surface area (Å²) >= 11 is 0. The molecule has 7 heteroatoms. The summed E-state index contributed by atoms with van der Waals surface area (Å²) in [6.07, 6.45) is -3.62. The molecule has 0 fully saturated rings. The number of alkyl halides is 3. The van der Waals surface area contributed by atoms with Gasteiger partial charge in [0.25, 0.3) is 0 Å². The van der Waals surface area contributed by atoms with Gasteiger partial charge in [-0.05, 0) is 24.5 Å². The Morgan fingerprint density at radius 3 is 1.91 bits per heavy atom. The smallest absolute Gasteiger partial charge is 0.321 e. The van der Waals surface area contributed by atoms with E-state index < -0.39 is 18.0 Å². The Labute approximate surface area is 132 Å².